The number of nitrogens with zero attached hydrogens (tertiary/aromatic N) is 2. The van der Waals surface area contributed by atoms with Crippen molar-refractivity contribution in [2.75, 3.05) is 31.6 Å². The standard InChI is InChI=1S/C20H31N5O2/c1-20(2,3)18(27)22-11-12-23-19(21-4)24-14-15-7-9-16(10-8-15)25-13-5-6-17(25)26/h7-10H,5-6,11-14H2,1-4H3,(H,22,27)(H2,21,23,24). The van der Waals surface area contributed by atoms with Crippen molar-refractivity contribution in [3.05, 3.63) is 29.8 Å². The van der Waals surface area contributed by atoms with Crippen LogP contribution in [0, 0.1) is 5.41 Å². The summed E-state index contributed by atoms with van der Waals surface area (Å²) in [6, 6.07) is 8.01. The van der Waals surface area contributed by atoms with Crippen molar-refractivity contribution < 1.29 is 9.59 Å². The minimum atomic E-state index is -0.383. The molecule has 1 fully saturated rings. The number of amides is 2. The molecule has 3 N–H and O–H groups in total. The van der Waals surface area contributed by atoms with E-state index in [1.165, 1.54) is 0 Å². The van der Waals surface area contributed by atoms with Gasteiger partial charge in [0.1, 0.15) is 0 Å². The minimum Gasteiger partial charge on any atom is -0.355 e. The fourth-order valence-electron chi connectivity index (χ4n) is 2.74. The lowest BCUT2D eigenvalue weighted by Crippen LogP contribution is -2.43. The van der Waals surface area contributed by atoms with E-state index in [-0.39, 0.29) is 17.2 Å². The highest BCUT2D eigenvalue weighted by Gasteiger charge is 2.21. The minimum absolute atomic E-state index is 0.0313. The Morgan fingerprint density at radius 2 is 1.78 bits per heavy atom. The van der Waals surface area contributed by atoms with Crippen molar-refractivity contribution in [3.63, 3.8) is 0 Å². The summed E-state index contributed by atoms with van der Waals surface area (Å²) in [7, 11) is 1.71. The molecule has 1 aliphatic rings. The highest BCUT2D eigenvalue weighted by molar-refractivity contribution is 5.95. The summed E-state index contributed by atoms with van der Waals surface area (Å²) in [5, 5.41) is 9.32. The Bertz CT molecular complexity index is 677. The molecule has 1 saturated heterocycles. The van der Waals surface area contributed by atoms with Crippen LogP contribution in [0.15, 0.2) is 29.3 Å². The molecule has 27 heavy (non-hydrogen) atoms. The molecule has 1 aliphatic heterocycles. The SMILES string of the molecule is CN=C(NCCNC(=O)C(C)(C)C)NCc1ccc(N2CCCC2=O)cc1. The first kappa shape index (κ1) is 20.7. The van der Waals surface area contributed by atoms with Crippen LogP contribution in [-0.2, 0) is 16.1 Å². The summed E-state index contributed by atoms with van der Waals surface area (Å²) >= 11 is 0. The highest BCUT2D eigenvalue weighted by Crippen LogP contribution is 2.21. The monoisotopic (exact) mass is 373 g/mol. The molecule has 0 unspecified atom stereocenters. The van der Waals surface area contributed by atoms with Crippen LogP contribution in [-0.4, -0.2) is 44.5 Å². The molecule has 0 atom stereocenters. The van der Waals surface area contributed by atoms with Gasteiger partial charge in [0, 0.05) is 50.7 Å². The van der Waals surface area contributed by atoms with E-state index in [9.17, 15) is 9.59 Å². The summed E-state index contributed by atoms with van der Waals surface area (Å²) in [4.78, 5) is 29.6. The summed E-state index contributed by atoms with van der Waals surface area (Å²) in [6.07, 6.45) is 1.57. The Labute approximate surface area is 161 Å². The van der Waals surface area contributed by atoms with Gasteiger partial charge in [0.2, 0.25) is 11.8 Å². The van der Waals surface area contributed by atoms with Crippen molar-refractivity contribution in [2.24, 2.45) is 10.4 Å². The van der Waals surface area contributed by atoms with Gasteiger partial charge in [0.15, 0.2) is 5.96 Å². The third kappa shape index (κ3) is 6.27. The highest BCUT2D eigenvalue weighted by atomic mass is 16.2. The average molecular weight is 374 g/mol. The maximum absolute atomic E-state index is 11.8. The predicted molar refractivity (Wildman–Crippen MR) is 109 cm³/mol. The lowest BCUT2D eigenvalue weighted by Gasteiger charge is -2.18. The van der Waals surface area contributed by atoms with Gasteiger partial charge in [-0.2, -0.15) is 0 Å². The third-order valence-corrected chi connectivity index (χ3v) is 4.39. The predicted octanol–water partition coefficient (Wildman–Crippen LogP) is 1.64. The van der Waals surface area contributed by atoms with Crippen molar-refractivity contribution in [3.8, 4) is 0 Å². The average Bonchev–Trinajstić information content (AvgIpc) is 3.06. The van der Waals surface area contributed by atoms with E-state index in [1.807, 2.05) is 49.9 Å². The van der Waals surface area contributed by atoms with Crippen LogP contribution in [0.1, 0.15) is 39.2 Å². The van der Waals surface area contributed by atoms with Crippen molar-refractivity contribution in [1.29, 1.82) is 0 Å². The number of anilines is 1. The topological polar surface area (TPSA) is 85.8 Å². The van der Waals surface area contributed by atoms with Crippen molar-refractivity contribution >= 4 is 23.5 Å². The maximum atomic E-state index is 11.8. The van der Waals surface area contributed by atoms with E-state index in [2.05, 4.69) is 20.9 Å². The van der Waals surface area contributed by atoms with Crippen molar-refractivity contribution in [2.45, 2.75) is 40.2 Å². The zero-order valence-corrected chi connectivity index (χ0v) is 16.8. The van der Waals surface area contributed by atoms with Gasteiger partial charge in [-0.3, -0.25) is 14.6 Å². The first-order valence-corrected chi connectivity index (χ1v) is 9.43. The van der Waals surface area contributed by atoms with Crippen LogP contribution < -0.4 is 20.9 Å². The van der Waals surface area contributed by atoms with Crippen LogP contribution >= 0.6 is 0 Å². The summed E-state index contributed by atoms with van der Waals surface area (Å²) in [5.74, 6) is 0.909. The second-order valence-electron chi connectivity index (χ2n) is 7.67. The van der Waals surface area contributed by atoms with Gasteiger partial charge in [-0.05, 0) is 24.1 Å². The van der Waals surface area contributed by atoms with Gasteiger partial charge in [-0.25, -0.2) is 0 Å². The Hall–Kier alpha value is -2.57. The number of aliphatic imine (C=N–C) groups is 1. The lowest BCUT2D eigenvalue weighted by molar-refractivity contribution is -0.128. The van der Waals surface area contributed by atoms with Gasteiger partial charge < -0.3 is 20.9 Å². The van der Waals surface area contributed by atoms with Gasteiger partial charge in [-0.15, -0.1) is 0 Å². The Morgan fingerprint density at radius 3 is 2.33 bits per heavy atom. The van der Waals surface area contributed by atoms with E-state index in [0.717, 1.165) is 24.2 Å². The molecule has 0 spiro atoms. The number of guanidine groups is 1. The number of hydrogen-bond acceptors (Lipinski definition) is 3. The van der Waals surface area contributed by atoms with Crippen LogP contribution in [0.4, 0.5) is 5.69 Å². The number of nitrogens with one attached hydrogen (secondary N) is 3. The van der Waals surface area contributed by atoms with Crippen LogP contribution in [0.3, 0.4) is 0 Å². The number of benzene rings is 1. The van der Waals surface area contributed by atoms with Gasteiger partial charge in [-0.1, -0.05) is 32.9 Å². The molecule has 0 aliphatic carbocycles. The molecular weight excluding hydrogens is 342 g/mol. The quantitative estimate of drug-likeness (QED) is 0.402. The summed E-state index contributed by atoms with van der Waals surface area (Å²) in [5.41, 5.74) is 1.68. The molecule has 1 aromatic carbocycles. The van der Waals surface area contributed by atoms with E-state index in [4.69, 9.17) is 0 Å². The van der Waals surface area contributed by atoms with Crippen molar-refractivity contribution in [1.82, 2.24) is 16.0 Å². The lowest BCUT2D eigenvalue weighted by atomic mass is 9.96. The van der Waals surface area contributed by atoms with Gasteiger partial charge in [0.25, 0.3) is 0 Å². The van der Waals surface area contributed by atoms with Gasteiger partial charge >= 0.3 is 0 Å². The molecule has 2 rings (SSSR count). The van der Waals surface area contributed by atoms with E-state index >= 15 is 0 Å². The first-order valence-electron chi connectivity index (χ1n) is 9.43. The van der Waals surface area contributed by atoms with E-state index in [0.29, 0.717) is 32.0 Å². The van der Waals surface area contributed by atoms with E-state index < -0.39 is 0 Å². The molecule has 0 aromatic heterocycles. The van der Waals surface area contributed by atoms with Crippen LogP contribution in [0.25, 0.3) is 0 Å². The molecule has 1 aromatic rings. The van der Waals surface area contributed by atoms with Gasteiger partial charge in [0.05, 0.1) is 0 Å². The second kappa shape index (κ2) is 9.39. The fraction of sp³-hybridized carbons (Fsp3) is 0.550. The zero-order valence-electron chi connectivity index (χ0n) is 16.8. The first-order chi connectivity index (χ1) is 12.8. The molecule has 0 radical (unpaired) electrons. The van der Waals surface area contributed by atoms with E-state index in [1.54, 1.807) is 7.05 Å². The fourth-order valence-corrected chi connectivity index (χ4v) is 2.74. The van der Waals surface area contributed by atoms with Crippen LogP contribution in [0.5, 0.6) is 0 Å². The second-order valence-corrected chi connectivity index (χ2v) is 7.67. The number of rotatable bonds is 6. The smallest absolute Gasteiger partial charge is 0.227 e. The molecule has 148 valence electrons. The largest absolute Gasteiger partial charge is 0.355 e. The molecule has 1 heterocycles. The Balaban J connectivity index is 1.74. The number of carbonyl (C=O) groups is 2. The zero-order chi connectivity index (χ0) is 19.9. The number of hydrogen-bond donors (Lipinski definition) is 3. The van der Waals surface area contributed by atoms with Crippen LogP contribution in [0.2, 0.25) is 0 Å². The Kier molecular flexibility index (Phi) is 7.21. The third-order valence-electron chi connectivity index (χ3n) is 4.39. The summed E-state index contributed by atoms with van der Waals surface area (Å²) in [6.45, 7) is 8.23. The molecule has 2 amide bonds. The Morgan fingerprint density at radius 1 is 1.11 bits per heavy atom. The molecule has 0 bridgehead atoms. The summed E-state index contributed by atoms with van der Waals surface area (Å²) < 4.78 is 0. The molecule has 0 saturated carbocycles. The molecular formula is C20H31N5O2. The molecule has 7 nitrogen and oxygen atoms in total. The number of carbonyl (C=O) groups excluding carboxylic acids is 2. The maximum Gasteiger partial charge on any atom is 0.227 e. The normalized spacial score (nSPS) is 15.0. The molecule has 7 heteroatoms.